The summed E-state index contributed by atoms with van der Waals surface area (Å²) in [6.45, 7) is 0. The third-order valence-electron chi connectivity index (χ3n) is 5.23. The number of para-hydroxylation sites is 1. The Morgan fingerprint density at radius 1 is 0.821 bits per heavy atom. The van der Waals surface area contributed by atoms with Crippen LogP contribution < -0.4 is 0 Å². The predicted molar refractivity (Wildman–Crippen MR) is 115 cm³/mol. The van der Waals surface area contributed by atoms with Gasteiger partial charge in [-0.3, -0.25) is 9.36 Å². The quantitative estimate of drug-likeness (QED) is 0.359. The van der Waals surface area contributed by atoms with E-state index in [1.54, 1.807) is 16.7 Å². The Morgan fingerprint density at radius 2 is 1.50 bits per heavy atom. The molecule has 0 bridgehead atoms. The van der Waals surface area contributed by atoms with E-state index in [1.165, 1.54) is 0 Å². The van der Waals surface area contributed by atoms with Crippen LogP contribution in [0.2, 0.25) is 5.02 Å². The van der Waals surface area contributed by atoms with Crippen molar-refractivity contribution < 1.29 is 4.79 Å². The fourth-order valence-corrected chi connectivity index (χ4v) is 4.15. The average Bonchev–Trinajstić information content (AvgIpc) is 3.23. The highest BCUT2D eigenvalue weighted by molar-refractivity contribution is 6.34. The number of carbonyl (C=O) groups excluding carboxylic acids is 1. The number of hydrogen-bond acceptors (Lipinski definition) is 1. The summed E-state index contributed by atoms with van der Waals surface area (Å²) in [5, 5.41) is 1.50. The summed E-state index contributed by atoms with van der Waals surface area (Å²) in [5.74, 6) is -0.123. The van der Waals surface area contributed by atoms with Crippen LogP contribution in [0.15, 0.2) is 84.9 Å². The third kappa shape index (κ3) is 2.40. The smallest absolute Gasteiger partial charge is 0.264 e. The van der Waals surface area contributed by atoms with Crippen LogP contribution in [0.4, 0.5) is 0 Å². The second-order valence-electron chi connectivity index (χ2n) is 6.83. The van der Waals surface area contributed by atoms with Gasteiger partial charge in [-0.15, -0.1) is 0 Å². The summed E-state index contributed by atoms with van der Waals surface area (Å²) in [4.78, 5) is 13.5. The SMILES string of the molecule is Cn1c(-c2ccccc2)cc2c1c1ccccc1n2C(=O)c1ccccc1Cl. The molecule has 0 unspecified atom stereocenters. The number of nitrogens with zero attached hydrogens (tertiary/aromatic N) is 2. The van der Waals surface area contributed by atoms with Crippen molar-refractivity contribution in [2.24, 2.45) is 7.05 Å². The van der Waals surface area contributed by atoms with Crippen molar-refractivity contribution in [3.8, 4) is 11.3 Å². The van der Waals surface area contributed by atoms with Gasteiger partial charge in [0.15, 0.2) is 0 Å². The molecular weight excluding hydrogens is 368 g/mol. The molecule has 4 heteroatoms. The molecule has 0 amide bonds. The molecule has 0 saturated heterocycles. The van der Waals surface area contributed by atoms with Crippen LogP contribution in [-0.4, -0.2) is 15.0 Å². The molecule has 0 aliphatic rings. The molecule has 0 aliphatic carbocycles. The topological polar surface area (TPSA) is 26.9 Å². The largest absolute Gasteiger partial charge is 0.342 e. The maximum Gasteiger partial charge on any atom is 0.264 e. The van der Waals surface area contributed by atoms with Crippen molar-refractivity contribution in [3.63, 3.8) is 0 Å². The molecule has 0 radical (unpaired) electrons. The second-order valence-corrected chi connectivity index (χ2v) is 7.23. The normalized spacial score (nSPS) is 11.4. The van der Waals surface area contributed by atoms with Crippen LogP contribution in [0.3, 0.4) is 0 Å². The van der Waals surface area contributed by atoms with Gasteiger partial charge in [-0.05, 0) is 29.8 Å². The summed E-state index contributed by atoms with van der Waals surface area (Å²) in [5.41, 5.74) is 5.48. The zero-order valence-corrected chi connectivity index (χ0v) is 16.0. The number of benzene rings is 3. The number of aryl methyl sites for hydroxylation is 1. The first kappa shape index (κ1) is 16.8. The first-order valence-electron chi connectivity index (χ1n) is 9.10. The lowest BCUT2D eigenvalue weighted by molar-refractivity contribution is 0.0969. The standard InChI is InChI=1S/C24H17ClN2O/c1-26-21(16-9-3-2-4-10-16)15-22-23(26)18-12-6-8-14-20(18)27(22)24(28)17-11-5-7-13-19(17)25/h2-15H,1H3. The Hall–Kier alpha value is -3.30. The molecule has 5 aromatic rings. The van der Waals surface area contributed by atoms with E-state index >= 15 is 0 Å². The van der Waals surface area contributed by atoms with Crippen molar-refractivity contribution in [1.82, 2.24) is 9.13 Å². The van der Waals surface area contributed by atoms with Crippen molar-refractivity contribution in [2.45, 2.75) is 0 Å². The van der Waals surface area contributed by atoms with Gasteiger partial charge in [-0.1, -0.05) is 72.3 Å². The molecular formula is C24H17ClN2O. The average molecular weight is 385 g/mol. The molecule has 0 aliphatic heterocycles. The third-order valence-corrected chi connectivity index (χ3v) is 5.56. The van der Waals surface area contributed by atoms with E-state index < -0.39 is 0 Å². The molecule has 0 N–H and O–H groups in total. The van der Waals surface area contributed by atoms with Gasteiger partial charge in [-0.25, -0.2) is 0 Å². The Labute approximate surface area is 167 Å². The minimum absolute atomic E-state index is 0.123. The Balaban J connectivity index is 1.85. The number of rotatable bonds is 2. The maximum atomic E-state index is 13.5. The van der Waals surface area contributed by atoms with E-state index in [9.17, 15) is 4.79 Å². The molecule has 2 heterocycles. The monoisotopic (exact) mass is 384 g/mol. The van der Waals surface area contributed by atoms with Crippen molar-refractivity contribution in [3.05, 3.63) is 95.5 Å². The molecule has 0 atom stereocenters. The number of carbonyl (C=O) groups is 1. The van der Waals surface area contributed by atoms with Crippen LogP contribution in [0.5, 0.6) is 0 Å². The summed E-state index contributed by atoms with van der Waals surface area (Å²) < 4.78 is 3.93. The molecule has 28 heavy (non-hydrogen) atoms. The molecule has 136 valence electrons. The summed E-state index contributed by atoms with van der Waals surface area (Å²) in [7, 11) is 2.04. The van der Waals surface area contributed by atoms with Crippen molar-refractivity contribution in [2.75, 3.05) is 0 Å². The van der Waals surface area contributed by atoms with Gasteiger partial charge in [0.05, 0.1) is 32.8 Å². The first-order chi connectivity index (χ1) is 13.7. The van der Waals surface area contributed by atoms with Crippen LogP contribution in [0, 0.1) is 0 Å². The van der Waals surface area contributed by atoms with Crippen LogP contribution in [0.1, 0.15) is 10.4 Å². The highest BCUT2D eigenvalue weighted by Crippen LogP contribution is 2.35. The van der Waals surface area contributed by atoms with E-state index in [0.717, 1.165) is 33.2 Å². The maximum absolute atomic E-state index is 13.5. The Morgan fingerprint density at radius 3 is 2.29 bits per heavy atom. The number of hydrogen-bond donors (Lipinski definition) is 0. The Kier molecular flexibility index (Phi) is 3.85. The number of fused-ring (bicyclic) bond motifs is 3. The van der Waals surface area contributed by atoms with Gasteiger partial charge in [0.1, 0.15) is 0 Å². The summed E-state index contributed by atoms with van der Waals surface area (Å²) in [6.07, 6.45) is 0. The van der Waals surface area contributed by atoms with Crippen LogP contribution >= 0.6 is 11.6 Å². The molecule has 5 rings (SSSR count). The molecule has 3 aromatic carbocycles. The zero-order chi connectivity index (χ0) is 19.3. The van der Waals surface area contributed by atoms with Crippen molar-refractivity contribution >= 4 is 39.4 Å². The van der Waals surface area contributed by atoms with E-state index in [0.29, 0.717) is 10.6 Å². The summed E-state index contributed by atoms with van der Waals surface area (Å²) >= 11 is 6.33. The van der Waals surface area contributed by atoms with E-state index in [1.807, 2.05) is 55.6 Å². The fraction of sp³-hybridized carbons (Fsp3) is 0.0417. The van der Waals surface area contributed by atoms with Gasteiger partial charge < -0.3 is 4.57 Å². The fourth-order valence-electron chi connectivity index (χ4n) is 3.93. The van der Waals surface area contributed by atoms with E-state index in [4.69, 9.17) is 11.6 Å². The van der Waals surface area contributed by atoms with Gasteiger partial charge in [0.25, 0.3) is 5.91 Å². The van der Waals surface area contributed by atoms with Gasteiger partial charge in [0.2, 0.25) is 0 Å². The minimum Gasteiger partial charge on any atom is -0.342 e. The molecule has 0 fully saturated rings. The van der Waals surface area contributed by atoms with Gasteiger partial charge in [-0.2, -0.15) is 0 Å². The zero-order valence-electron chi connectivity index (χ0n) is 15.3. The molecule has 0 saturated carbocycles. The lowest BCUT2D eigenvalue weighted by Crippen LogP contribution is -2.11. The van der Waals surface area contributed by atoms with Gasteiger partial charge >= 0.3 is 0 Å². The highest BCUT2D eigenvalue weighted by atomic mass is 35.5. The second kappa shape index (κ2) is 6.39. The highest BCUT2D eigenvalue weighted by Gasteiger charge is 2.22. The number of aromatic nitrogens is 2. The lowest BCUT2D eigenvalue weighted by Gasteiger charge is -2.07. The molecule has 3 nitrogen and oxygen atoms in total. The minimum atomic E-state index is -0.123. The molecule has 2 aromatic heterocycles. The van der Waals surface area contributed by atoms with E-state index in [-0.39, 0.29) is 5.91 Å². The molecule has 0 spiro atoms. The van der Waals surface area contributed by atoms with E-state index in [2.05, 4.69) is 28.8 Å². The van der Waals surface area contributed by atoms with Crippen LogP contribution in [0.25, 0.3) is 33.2 Å². The lowest BCUT2D eigenvalue weighted by atomic mass is 10.1. The predicted octanol–water partition coefficient (Wildman–Crippen LogP) is 6.14. The number of halogens is 1. The Bertz CT molecular complexity index is 1350. The van der Waals surface area contributed by atoms with Crippen molar-refractivity contribution in [1.29, 1.82) is 0 Å². The van der Waals surface area contributed by atoms with Gasteiger partial charge in [0, 0.05) is 12.4 Å². The first-order valence-corrected chi connectivity index (χ1v) is 9.48. The van der Waals surface area contributed by atoms with Crippen LogP contribution in [-0.2, 0) is 7.05 Å². The summed E-state index contributed by atoms with van der Waals surface area (Å²) in [6, 6.07) is 27.5.